The number of hydrogen-bond acceptors (Lipinski definition) is 3. The number of carbonyl (C=O) groups excluding carboxylic acids is 1. The molecule has 3 rings (SSSR count). The molecule has 3 aromatic rings. The average molecular weight is 360 g/mol. The lowest BCUT2D eigenvalue weighted by molar-refractivity contribution is -0.141. The van der Waals surface area contributed by atoms with E-state index in [1.165, 1.54) is 12.1 Å². The summed E-state index contributed by atoms with van der Waals surface area (Å²) >= 11 is 0. The minimum absolute atomic E-state index is 0.130. The van der Waals surface area contributed by atoms with E-state index >= 15 is 0 Å². The number of pyridine rings is 1. The van der Waals surface area contributed by atoms with Crippen LogP contribution in [-0.2, 0) is 6.18 Å². The van der Waals surface area contributed by atoms with Crippen molar-refractivity contribution >= 4 is 11.7 Å². The zero-order valence-electron chi connectivity index (χ0n) is 14.0. The molecule has 26 heavy (non-hydrogen) atoms. The summed E-state index contributed by atoms with van der Waals surface area (Å²) in [6, 6.07) is 12.7. The summed E-state index contributed by atoms with van der Waals surface area (Å²) in [6.07, 6.45) is -4.58. The molecule has 0 aliphatic heterocycles. The van der Waals surface area contributed by atoms with Crippen LogP contribution in [0.1, 0.15) is 27.7 Å². The molecule has 0 saturated heterocycles. The number of rotatable bonds is 3. The van der Waals surface area contributed by atoms with Crippen LogP contribution in [-0.4, -0.2) is 20.4 Å². The first kappa shape index (κ1) is 17.7. The van der Waals surface area contributed by atoms with E-state index in [-0.39, 0.29) is 11.5 Å². The van der Waals surface area contributed by atoms with Gasteiger partial charge in [0.15, 0.2) is 0 Å². The van der Waals surface area contributed by atoms with Crippen molar-refractivity contribution in [2.75, 3.05) is 5.32 Å². The number of alkyl halides is 3. The van der Waals surface area contributed by atoms with E-state index in [0.29, 0.717) is 11.5 Å². The number of amides is 1. The summed E-state index contributed by atoms with van der Waals surface area (Å²) in [5, 5.41) is 2.38. The van der Waals surface area contributed by atoms with Gasteiger partial charge in [-0.05, 0) is 38.1 Å². The molecule has 0 atom stereocenters. The fourth-order valence-corrected chi connectivity index (χ4v) is 2.65. The Morgan fingerprint density at radius 3 is 2.35 bits per heavy atom. The Kier molecular flexibility index (Phi) is 4.50. The first-order valence-electron chi connectivity index (χ1n) is 7.74. The standard InChI is InChI=1S/C18H15F3N4O/c1-11-16(22-12(2)25(11)13-7-4-3-5-8-13)17(26)24-15-10-6-9-14(23-15)18(19,20)21/h3-10H,1-2H3,(H,23,24,26). The van der Waals surface area contributed by atoms with E-state index in [9.17, 15) is 18.0 Å². The third kappa shape index (κ3) is 3.44. The van der Waals surface area contributed by atoms with Crippen LogP contribution >= 0.6 is 0 Å². The van der Waals surface area contributed by atoms with Gasteiger partial charge in [0.2, 0.25) is 0 Å². The van der Waals surface area contributed by atoms with Crippen molar-refractivity contribution in [1.82, 2.24) is 14.5 Å². The third-order valence-corrected chi connectivity index (χ3v) is 3.79. The molecule has 0 aliphatic rings. The largest absolute Gasteiger partial charge is 0.433 e. The van der Waals surface area contributed by atoms with Crippen LogP contribution < -0.4 is 5.32 Å². The van der Waals surface area contributed by atoms with Crippen molar-refractivity contribution in [3.63, 3.8) is 0 Å². The van der Waals surface area contributed by atoms with Gasteiger partial charge < -0.3 is 9.88 Å². The van der Waals surface area contributed by atoms with Crippen LogP contribution in [0.5, 0.6) is 0 Å². The Balaban J connectivity index is 1.90. The van der Waals surface area contributed by atoms with Gasteiger partial charge in [-0.25, -0.2) is 9.97 Å². The number of aryl methyl sites for hydroxylation is 1. The summed E-state index contributed by atoms with van der Waals surface area (Å²) in [7, 11) is 0. The van der Waals surface area contributed by atoms with E-state index in [0.717, 1.165) is 11.8 Å². The summed E-state index contributed by atoms with van der Waals surface area (Å²) < 4.78 is 40.0. The molecule has 0 radical (unpaired) electrons. The third-order valence-electron chi connectivity index (χ3n) is 3.79. The number of halogens is 3. The highest BCUT2D eigenvalue weighted by Gasteiger charge is 2.32. The highest BCUT2D eigenvalue weighted by atomic mass is 19.4. The van der Waals surface area contributed by atoms with E-state index in [2.05, 4.69) is 15.3 Å². The lowest BCUT2D eigenvalue weighted by Gasteiger charge is -2.09. The van der Waals surface area contributed by atoms with Gasteiger partial charge in [-0.1, -0.05) is 24.3 Å². The van der Waals surface area contributed by atoms with Crippen LogP contribution in [0.25, 0.3) is 5.69 Å². The van der Waals surface area contributed by atoms with Gasteiger partial charge in [-0.2, -0.15) is 13.2 Å². The first-order valence-corrected chi connectivity index (χ1v) is 7.74. The zero-order chi connectivity index (χ0) is 18.9. The topological polar surface area (TPSA) is 59.8 Å². The molecule has 2 heterocycles. The molecule has 0 bridgehead atoms. The second-order valence-electron chi connectivity index (χ2n) is 5.62. The normalized spacial score (nSPS) is 11.4. The Labute approximate surface area is 147 Å². The predicted molar refractivity (Wildman–Crippen MR) is 90.2 cm³/mol. The minimum Gasteiger partial charge on any atom is -0.305 e. The maximum absolute atomic E-state index is 12.7. The van der Waals surface area contributed by atoms with E-state index in [1.54, 1.807) is 18.4 Å². The smallest absolute Gasteiger partial charge is 0.305 e. The van der Waals surface area contributed by atoms with Gasteiger partial charge >= 0.3 is 6.18 Å². The van der Waals surface area contributed by atoms with Crippen molar-refractivity contribution in [2.45, 2.75) is 20.0 Å². The van der Waals surface area contributed by atoms with E-state index in [4.69, 9.17) is 0 Å². The number of para-hydroxylation sites is 1. The zero-order valence-corrected chi connectivity index (χ0v) is 14.0. The second kappa shape index (κ2) is 6.62. The maximum atomic E-state index is 12.7. The van der Waals surface area contributed by atoms with Gasteiger partial charge in [0.1, 0.15) is 23.0 Å². The second-order valence-corrected chi connectivity index (χ2v) is 5.62. The molecule has 0 fully saturated rings. The molecule has 2 aromatic heterocycles. The molecular formula is C18H15F3N4O. The monoisotopic (exact) mass is 360 g/mol. The van der Waals surface area contributed by atoms with E-state index in [1.807, 2.05) is 30.3 Å². The molecule has 0 spiro atoms. The van der Waals surface area contributed by atoms with Crippen molar-refractivity contribution in [1.29, 1.82) is 0 Å². The van der Waals surface area contributed by atoms with Gasteiger partial charge in [0, 0.05) is 5.69 Å². The minimum atomic E-state index is -4.58. The number of carbonyl (C=O) groups is 1. The summed E-state index contributed by atoms with van der Waals surface area (Å²) in [5.74, 6) is -0.209. The summed E-state index contributed by atoms with van der Waals surface area (Å²) in [5.41, 5.74) is 0.480. The quantitative estimate of drug-likeness (QED) is 0.763. The molecule has 1 N–H and O–H groups in total. The fraction of sp³-hybridized carbons (Fsp3) is 0.167. The number of aromatic nitrogens is 3. The van der Waals surface area contributed by atoms with Crippen LogP contribution in [0.4, 0.5) is 19.0 Å². The van der Waals surface area contributed by atoms with Crippen molar-refractivity contribution in [2.24, 2.45) is 0 Å². The number of nitrogens with zero attached hydrogens (tertiary/aromatic N) is 3. The van der Waals surface area contributed by atoms with Crippen molar-refractivity contribution in [3.05, 3.63) is 71.4 Å². The number of imidazole rings is 1. The molecular weight excluding hydrogens is 345 g/mol. The molecule has 8 heteroatoms. The summed E-state index contributed by atoms with van der Waals surface area (Å²) in [4.78, 5) is 20.2. The number of nitrogens with one attached hydrogen (secondary N) is 1. The van der Waals surface area contributed by atoms with Crippen LogP contribution in [0.15, 0.2) is 48.5 Å². The number of benzene rings is 1. The predicted octanol–water partition coefficient (Wildman–Crippen LogP) is 4.16. The Bertz CT molecular complexity index is 949. The molecule has 5 nitrogen and oxygen atoms in total. The first-order chi connectivity index (χ1) is 12.3. The Morgan fingerprint density at radius 1 is 1.00 bits per heavy atom. The van der Waals surface area contributed by atoms with Crippen LogP contribution in [0.2, 0.25) is 0 Å². The molecule has 1 amide bonds. The van der Waals surface area contributed by atoms with Crippen LogP contribution in [0.3, 0.4) is 0 Å². The lowest BCUT2D eigenvalue weighted by Crippen LogP contribution is -2.17. The van der Waals surface area contributed by atoms with Crippen molar-refractivity contribution < 1.29 is 18.0 Å². The van der Waals surface area contributed by atoms with Gasteiger partial charge in [0.05, 0.1) is 5.69 Å². The fourth-order valence-electron chi connectivity index (χ4n) is 2.65. The highest BCUT2D eigenvalue weighted by molar-refractivity contribution is 6.03. The molecule has 0 unspecified atom stereocenters. The molecule has 1 aromatic carbocycles. The van der Waals surface area contributed by atoms with Crippen LogP contribution in [0, 0.1) is 13.8 Å². The number of anilines is 1. The Hall–Kier alpha value is -3.16. The SMILES string of the molecule is Cc1nc(C(=O)Nc2cccc(C(F)(F)F)n2)c(C)n1-c1ccccc1. The number of hydrogen-bond donors (Lipinski definition) is 1. The maximum Gasteiger partial charge on any atom is 0.433 e. The molecule has 134 valence electrons. The molecule has 0 aliphatic carbocycles. The van der Waals surface area contributed by atoms with Crippen molar-refractivity contribution in [3.8, 4) is 5.69 Å². The van der Waals surface area contributed by atoms with Gasteiger partial charge in [-0.15, -0.1) is 0 Å². The Morgan fingerprint density at radius 2 is 1.69 bits per heavy atom. The van der Waals surface area contributed by atoms with E-state index < -0.39 is 17.8 Å². The lowest BCUT2D eigenvalue weighted by atomic mass is 10.2. The van der Waals surface area contributed by atoms with Gasteiger partial charge in [0.25, 0.3) is 5.91 Å². The summed E-state index contributed by atoms with van der Waals surface area (Å²) in [6.45, 7) is 3.47. The highest BCUT2D eigenvalue weighted by Crippen LogP contribution is 2.28. The average Bonchev–Trinajstić information content (AvgIpc) is 2.90. The van der Waals surface area contributed by atoms with Gasteiger partial charge in [-0.3, -0.25) is 4.79 Å². The molecule has 0 saturated carbocycles.